The third kappa shape index (κ3) is 5.22. The highest BCUT2D eigenvalue weighted by Crippen LogP contribution is 2.36. The molecule has 156 valence electrons. The number of carbonyl (C=O) groups excluding carboxylic acids is 2. The molecule has 7 heteroatoms. The molecule has 3 rings (SSSR count). The van der Waals surface area contributed by atoms with E-state index in [-0.39, 0.29) is 23.4 Å². The second kappa shape index (κ2) is 9.49. The molecule has 0 aliphatic carbocycles. The van der Waals surface area contributed by atoms with Crippen molar-refractivity contribution in [3.05, 3.63) is 95.6 Å². The zero-order valence-corrected chi connectivity index (χ0v) is 16.8. The van der Waals surface area contributed by atoms with E-state index in [1.54, 1.807) is 61.5 Å². The number of hydrogen-bond acceptors (Lipinski definition) is 7. The Labute approximate surface area is 179 Å². The van der Waals surface area contributed by atoms with Crippen LogP contribution in [0.2, 0.25) is 0 Å². The quantitative estimate of drug-likeness (QED) is 0.177. The summed E-state index contributed by atoms with van der Waals surface area (Å²) in [4.78, 5) is 24.3. The number of benzene rings is 3. The summed E-state index contributed by atoms with van der Waals surface area (Å²) in [7, 11) is 0. The monoisotopic (exact) mass is 416 g/mol. The average Bonchev–Trinajstić information content (AvgIpc) is 2.78. The molecule has 31 heavy (non-hydrogen) atoms. The Morgan fingerprint density at radius 3 is 2.35 bits per heavy atom. The maximum absolute atomic E-state index is 12.7. The molecule has 0 saturated heterocycles. The minimum absolute atomic E-state index is 0.0144. The molecule has 0 amide bonds. The Balaban J connectivity index is 1.88. The number of ether oxygens (including phenoxy) is 1. The topological polar surface area (TPSA) is 109 Å². The van der Waals surface area contributed by atoms with Gasteiger partial charge in [0.25, 0.3) is 0 Å². The van der Waals surface area contributed by atoms with Crippen LogP contribution >= 0.6 is 0 Å². The molecule has 0 saturated carbocycles. The van der Waals surface area contributed by atoms with Crippen molar-refractivity contribution >= 4 is 23.1 Å². The Kier molecular flexibility index (Phi) is 6.57. The fourth-order valence-electron chi connectivity index (χ4n) is 2.69. The van der Waals surface area contributed by atoms with Gasteiger partial charge in [-0.15, -0.1) is 0 Å². The summed E-state index contributed by atoms with van der Waals surface area (Å²) in [5.41, 5.74) is 1.78. The molecule has 0 fully saturated rings. The fourth-order valence-corrected chi connectivity index (χ4v) is 2.69. The number of esters is 1. The molecule has 0 spiro atoms. The molecule has 7 nitrogen and oxygen atoms in total. The number of nitrogens with zero attached hydrogens (tertiary/aromatic N) is 2. The summed E-state index contributed by atoms with van der Waals surface area (Å²) in [6.45, 7) is 5.08. The van der Waals surface area contributed by atoms with Crippen molar-refractivity contribution in [2.75, 3.05) is 0 Å². The summed E-state index contributed by atoms with van der Waals surface area (Å²) in [6.07, 6.45) is 0. The van der Waals surface area contributed by atoms with Crippen molar-refractivity contribution in [1.82, 2.24) is 0 Å². The molecule has 3 aromatic rings. The van der Waals surface area contributed by atoms with Gasteiger partial charge >= 0.3 is 5.97 Å². The standard InChI is InChI=1S/C24H20N2O5/c1-15(2)24(30)31-14-17-10-6-7-11-20(17)26-25-18-12-19(23(29)21(27)13-18)22(28)16-8-4-3-5-9-16/h3-13,27,29H,1,14H2,2H3. The van der Waals surface area contributed by atoms with E-state index in [2.05, 4.69) is 16.8 Å². The Hall–Kier alpha value is -4.26. The van der Waals surface area contributed by atoms with Crippen LogP contribution in [0.25, 0.3) is 0 Å². The third-order valence-corrected chi connectivity index (χ3v) is 4.33. The van der Waals surface area contributed by atoms with E-state index in [1.807, 2.05) is 0 Å². The van der Waals surface area contributed by atoms with Gasteiger partial charge in [-0.2, -0.15) is 10.2 Å². The highest BCUT2D eigenvalue weighted by molar-refractivity contribution is 6.11. The molecule has 0 atom stereocenters. The average molecular weight is 416 g/mol. The van der Waals surface area contributed by atoms with E-state index in [0.29, 0.717) is 16.8 Å². The minimum Gasteiger partial charge on any atom is -0.504 e. The van der Waals surface area contributed by atoms with Gasteiger partial charge in [-0.25, -0.2) is 4.79 Å². The normalized spacial score (nSPS) is 10.7. The van der Waals surface area contributed by atoms with Gasteiger partial charge in [0, 0.05) is 22.8 Å². The maximum atomic E-state index is 12.7. The second-order valence-corrected chi connectivity index (χ2v) is 6.74. The molecule has 0 aromatic heterocycles. The van der Waals surface area contributed by atoms with E-state index in [4.69, 9.17) is 4.74 Å². The molecule has 0 aliphatic heterocycles. The maximum Gasteiger partial charge on any atom is 0.333 e. The molecule has 0 unspecified atom stereocenters. The predicted octanol–water partition coefficient (Wildman–Crippen LogP) is 5.36. The lowest BCUT2D eigenvalue weighted by Gasteiger charge is -2.08. The Morgan fingerprint density at radius 2 is 1.65 bits per heavy atom. The molecular formula is C24H20N2O5. The molecule has 0 heterocycles. The van der Waals surface area contributed by atoms with Crippen molar-refractivity contribution in [1.29, 1.82) is 0 Å². The van der Waals surface area contributed by atoms with Crippen molar-refractivity contribution < 1.29 is 24.5 Å². The van der Waals surface area contributed by atoms with Crippen molar-refractivity contribution in [3.63, 3.8) is 0 Å². The number of carbonyl (C=O) groups is 2. The number of azo groups is 1. The van der Waals surface area contributed by atoms with Gasteiger partial charge in [0.2, 0.25) is 0 Å². The SMILES string of the molecule is C=C(C)C(=O)OCc1ccccc1N=Nc1cc(O)c(O)c(C(=O)c2ccccc2)c1. The van der Waals surface area contributed by atoms with E-state index >= 15 is 0 Å². The summed E-state index contributed by atoms with van der Waals surface area (Å²) in [5, 5.41) is 28.4. The molecule has 0 bridgehead atoms. The van der Waals surface area contributed by atoms with Gasteiger partial charge in [-0.05, 0) is 19.1 Å². The zero-order chi connectivity index (χ0) is 22.4. The van der Waals surface area contributed by atoms with Gasteiger partial charge in [0.1, 0.15) is 6.61 Å². The summed E-state index contributed by atoms with van der Waals surface area (Å²) >= 11 is 0. The first-order chi connectivity index (χ1) is 14.9. The minimum atomic E-state index is -0.528. The second-order valence-electron chi connectivity index (χ2n) is 6.74. The number of phenols is 2. The first kappa shape index (κ1) is 21.4. The van der Waals surface area contributed by atoms with Gasteiger partial charge in [0.15, 0.2) is 17.3 Å². The van der Waals surface area contributed by atoms with E-state index in [9.17, 15) is 19.8 Å². The van der Waals surface area contributed by atoms with Crippen molar-refractivity contribution in [2.24, 2.45) is 10.2 Å². The summed E-state index contributed by atoms with van der Waals surface area (Å²) in [5.74, 6) is -1.99. The number of phenolic OH excluding ortho intramolecular Hbond substituents is 2. The lowest BCUT2D eigenvalue weighted by atomic mass is 10.0. The van der Waals surface area contributed by atoms with Crippen LogP contribution in [-0.2, 0) is 16.1 Å². The van der Waals surface area contributed by atoms with Crippen LogP contribution in [0, 0.1) is 0 Å². The van der Waals surface area contributed by atoms with Gasteiger partial charge in [0.05, 0.1) is 16.9 Å². The largest absolute Gasteiger partial charge is 0.504 e. The van der Waals surface area contributed by atoms with Crippen LogP contribution < -0.4 is 0 Å². The Bertz CT molecular complexity index is 1170. The van der Waals surface area contributed by atoms with Crippen LogP contribution in [-0.4, -0.2) is 22.0 Å². The highest BCUT2D eigenvalue weighted by Gasteiger charge is 2.18. The first-order valence-corrected chi connectivity index (χ1v) is 9.35. The lowest BCUT2D eigenvalue weighted by Crippen LogP contribution is -2.04. The molecule has 3 aromatic carbocycles. The number of hydrogen-bond donors (Lipinski definition) is 2. The smallest absolute Gasteiger partial charge is 0.333 e. The van der Waals surface area contributed by atoms with Crippen LogP contribution in [0.5, 0.6) is 11.5 Å². The molecular weight excluding hydrogens is 396 g/mol. The van der Waals surface area contributed by atoms with Crippen LogP contribution in [0.1, 0.15) is 28.4 Å². The van der Waals surface area contributed by atoms with Gasteiger partial charge in [-0.3, -0.25) is 4.79 Å². The van der Waals surface area contributed by atoms with Crippen LogP contribution in [0.3, 0.4) is 0 Å². The number of rotatable bonds is 7. The van der Waals surface area contributed by atoms with Crippen LogP contribution in [0.15, 0.2) is 89.1 Å². The lowest BCUT2D eigenvalue weighted by molar-refractivity contribution is -0.140. The van der Waals surface area contributed by atoms with Crippen molar-refractivity contribution in [3.8, 4) is 11.5 Å². The van der Waals surface area contributed by atoms with Gasteiger partial charge < -0.3 is 14.9 Å². The van der Waals surface area contributed by atoms with E-state index < -0.39 is 23.3 Å². The third-order valence-electron chi connectivity index (χ3n) is 4.33. The van der Waals surface area contributed by atoms with E-state index in [1.165, 1.54) is 12.1 Å². The predicted molar refractivity (Wildman–Crippen MR) is 115 cm³/mol. The number of ketones is 1. The molecule has 0 radical (unpaired) electrons. The summed E-state index contributed by atoms with van der Waals surface area (Å²) in [6, 6.07) is 17.9. The van der Waals surface area contributed by atoms with Crippen LogP contribution in [0.4, 0.5) is 11.4 Å². The van der Waals surface area contributed by atoms with Crippen molar-refractivity contribution in [2.45, 2.75) is 13.5 Å². The first-order valence-electron chi connectivity index (χ1n) is 9.35. The molecule has 2 N–H and O–H groups in total. The molecule has 0 aliphatic rings. The highest BCUT2D eigenvalue weighted by atomic mass is 16.5. The van der Waals surface area contributed by atoms with E-state index in [0.717, 1.165) is 0 Å². The number of aromatic hydroxyl groups is 2. The zero-order valence-electron chi connectivity index (χ0n) is 16.8. The Morgan fingerprint density at radius 1 is 0.968 bits per heavy atom. The summed E-state index contributed by atoms with van der Waals surface area (Å²) < 4.78 is 5.16. The fraction of sp³-hybridized carbons (Fsp3) is 0.0833. The van der Waals surface area contributed by atoms with Gasteiger partial charge in [-0.1, -0.05) is 55.1 Å².